The molecule has 0 aliphatic carbocycles. The molecule has 0 aromatic heterocycles. The SMILES string of the molecule is C[C@@]1([N+](=O)[O-])[C@H]2O[C@@H](c3ccccc3)CO[C@@H]2O[C@@H](F)[C@@H]1Sc1ccccc1. The summed E-state index contributed by atoms with van der Waals surface area (Å²) in [5.41, 5.74) is -0.891. The second-order valence-electron chi connectivity index (χ2n) is 6.98. The third-order valence-electron chi connectivity index (χ3n) is 5.20. The average Bonchev–Trinajstić information content (AvgIpc) is 2.72. The lowest BCUT2D eigenvalue weighted by Gasteiger charge is -2.48. The highest BCUT2D eigenvalue weighted by molar-refractivity contribution is 8.00. The maximum Gasteiger partial charge on any atom is 0.267 e. The van der Waals surface area contributed by atoms with Gasteiger partial charge in [-0.15, -0.1) is 11.8 Å². The molecular formula is C20H20FNO5S. The lowest BCUT2D eigenvalue weighted by Crippen LogP contribution is -2.69. The predicted octanol–water partition coefficient (Wildman–Crippen LogP) is 3.99. The number of thioether (sulfide) groups is 1. The van der Waals surface area contributed by atoms with Crippen LogP contribution < -0.4 is 0 Å². The Balaban J connectivity index is 1.65. The third-order valence-corrected chi connectivity index (χ3v) is 6.68. The first-order valence-corrected chi connectivity index (χ1v) is 9.86. The zero-order valence-corrected chi connectivity index (χ0v) is 16.0. The molecule has 148 valence electrons. The monoisotopic (exact) mass is 405 g/mol. The van der Waals surface area contributed by atoms with E-state index in [-0.39, 0.29) is 6.61 Å². The largest absolute Gasteiger partial charge is 0.355 e. The van der Waals surface area contributed by atoms with Gasteiger partial charge in [-0.1, -0.05) is 48.5 Å². The summed E-state index contributed by atoms with van der Waals surface area (Å²) in [5.74, 6) is 0. The second kappa shape index (κ2) is 7.79. The third kappa shape index (κ3) is 3.41. The molecular weight excluding hydrogens is 385 g/mol. The molecule has 2 aromatic carbocycles. The number of hydrogen-bond donors (Lipinski definition) is 0. The van der Waals surface area contributed by atoms with Crippen LogP contribution in [0, 0.1) is 10.1 Å². The van der Waals surface area contributed by atoms with Crippen LogP contribution in [0.15, 0.2) is 65.6 Å². The summed E-state index contributed by atoms with van der Waals surface area (Å²) in [4.78, 5) is 12.4. The summed E-state index contributed by atoms with van der Waals surface area (Å²) in [6.45, 7) is 1.55. The molecule has 0 saturated carbocycles. The molecule has 2 aliphatic rings. The maximum atomic E-state index is 14.9. The van der Waals surface area contributed by atoms with E-state index in [0.29, 0.717) is 0 Å². The minimum Gasteiger partial charge on any atom is -0.355 e. The Hall–Kier alpha value is -2.00. The van der Waals surface area contributed by atoms with E-state index in [1.165, 1.54) is 6.92 Å². The Labute approximate surface area is 166 Å². The maximum absolute atomic E-state index is 14.9. The van der Waals surface area contributed by atoms with Crippen LogP contribution in [-0.4, -0.2) is 41.1 Å². The van der Waals surface area contributed by atoms with Gasteiger partial charge in [0, 0.05) is 16.7 Å². The van der Waals surface area contributed by atoms with Gasteiger partial charge in [-0.05, 0) is 17.7 Å². The number of nitro groups is 1. The van der Waals surface area contributed by atoms with Crippen molar-refractivity contribution in [3.63, 3.8) is 0 Å². The zero-order chi connectivity index (χ0) is 19.7. The molecule has 0 amide bonds. The van der Waals surface area contributed by atoms with Gasteiger partial charge in [0.1, 0.15) is 11.4 Å². The van der Waals surface area contributed by atoms with E-state index in [9.17, 15) is 14.5 Å². The van der Waals surface area contributed by atoms with Crippen molar-refractivity contribution >= 4 is 11.8 Å². The fourth-order valence-corrected chi connectivity index (χ4v) is 4.81. The molecule has 2 heterocycles. The second-order valence-corrected chi connectivity index (χ2v) is 8.19. The van der Waals surface area contributed by atoms with Crippen molar-refractivity contribution in [3.05, 3.63) is 76.3 Å². The van der Waals surface area contributed by atoms with Gasteiger partial charge in [-0.2, -0.15) is 0 Å². The van der Waals surface area contributed by atoms with E-state index in [2.05, 4.69) is 0 Å². The summed E-state index contributed by atoms with van der Waals surface area (Å²) in [7, 11) is 0. The first-order valence-electron chi connectivity index (χ1n) is 8.98. The summed E-state index contributed by atoms with van der Waals surface area (Å²) in [6.07, 6.45) is -4.52. The smallest absolute Gasteiger partial charge is 0.267 e. The van der Waals surface area contributed by atoms with Crippen LogP contribution in [0.25, 0.3) is 0 Å². The van der Waals surface area contributed by atoms with Gasteiger partial charge >= 0.3 is 0 Å². The van der Waals surface area contributed by atoms with Crippen molar-refractivity contribution in [3.8, 4) is 0 Å². The highest BCUT2D eigenvalue weighted by Crippen LogP contribution is 2.47. The van der Waals surface area contributed by atoms with Crippen molar-refractivity contribution in [1.82, 2.24) is 0 Å². The Morgan fingerprint density at radius 1 is 1.11 bits per heavy atom. The highest BCUT2D eigenvalue weighted by atomic mass is 32.2. The van der Waals surface area contributed by atoms with E-state index < -0.39 is 40.6 Å². The van der Waals surface area contributed by atoms with Crippen LogP contribution >= 0.6 is 11.8 Å². The Morgan fingerprint density at radius 3 is 2.39 bits per heavy atom. The molecule has 4 rings (SSSR count). The van der Waals surface area contributed by atoms with Gasteiger partial charge < -0.3 is 14.2 Å². The summed E-state index contributed by atoms with van der Waals surface area (Å²) in [5, 5.41) is 11.1. The quantitative estimate of drug-likeness (QED) is 0.566. The Kier molecular flexibility index (Phi) is 5.37. The first kappa shape index (κ1) is 19.3. The summed E-state index contributed by atoms with van der Waals surface area (Å²) in [6, 6.07) is 18.4. The molecule has 0 radical (unpaired) electrons. The van der Waals surface area contributed by atoms with Crippen LogP contribution in [0.1, 0.15) is 18.6 Å². The van der Waals surface area contributed by atoms with Crippen LogP contribution in [0.3, 0.4) is 0 Å². The number of ether oxygens (including phenoxy) is 3. The van der Waals surface area contributed by atoms with Crippen molar-refractivity contribution in [2.24, 2.45) is 0 Å². The normalized spacial score (nSPS) is 35.1. The van der Waals surface area contributed by atoms with Gasteiger partial charge in [-0.3, -0.25) is 10.1 Å². The number of rotatable bonds is 4. The van der Waals surface area contributed by atoms with Gasteiger partial charge in [0.15, 0.2) is 12.4 Å². The molecule has 2 aliphatic heterocycles. The van der Waals surface area contributed by atoms with E-state index >= 15 is 0 Å². The molecule has 6 atom stereocenters. The average molecular weight is 405 g/mol. The lowest BCUT2D eigenvalue weighted by atomic mass is 9.87. The van der Waals surface area contributed by atoms with Crippen molar-refractivity contribution in [2.75, 3.05) is 6.61 Å². The van der Waals surface area contributed by atoms with Crippen LogP contribution in [-0.2, 0) is 14.2 Å². The van der Waals surface area contributed by atoms with E-state index in [4.69, 9.17) is 14.2 Å². The number of alkyl halides is 1. The molecule has 8 heteroatoms. The van der Waals surface area contributed by atoms with E-state index in [1.807, 2.05) is 36.4 Å². The van der Waals surface area contributed by atoms with Gasteiger partial charge in [0.05, 0.1) is 6.61 Å². The fourth-order valence-electron chi connectivity index (χ4n) is 3.57. The lowest BCUT2D eigenvalue weighted by molar-refractivity contribution is -0.602. The number of benzene rings is 2. The Bertz CT molecular complexity index is 826. The number of nitrogens with zero attached hydrogens (tertiary/aromatic N) is 1. The highest BCUT2D eigenvalue weighted by Gasteiger charge is 2.66. The molecule has 0 N–H and O–H groups in total. The van der Waals surface area contributed by atoms with Gasteiger partial charge in [0.2, 0.25) is 6.36 Å². The molecule has 0 unspecified atom stereocenters. The Morgan fingerprint density at radius 2 is 1.75 bits per heavy atom. The molecule has 2 fully saturated rings. The fraction of sp³-hybridized carbons (Fsp3) is 0.400. The van der Waals surface area contributed by atoms with Gasteiger partial charge in [0.25, 0.3) is 5.54 Å². The van der Waals surface area contributed by atoms with Gasteiger partial charge in [-0.25, -0.2) is 4.39 Å². The minimum absolute atomic E-state index is 0.141. The molecule has 28 heavy (non-hydrogen) atoms. The van der Waals surface area contributed by atoms with Crippen molar-refractivity contribution in [1.29, 1.82) is 0 Å². The molecule has 0 bridgehead atoms. The van der Waals surface area contributed by atoms with Crippen LogP contribution in [0.5, 0.6) is 0 Å². The van der Waals surface area contributed by atoms with E-state index in [0.717, 1.165) is 22.2 Å². The molecule has 0 spiro atoms. The number of hydrogen-bond acceptors (Lipinski definition) is 6. The summed E-state index contributed by atoms with van der Waals surface area (Å²) >= 11 is 1.08. The summed E-state index contributed by atoms with van der Waals surface area (Å²) < 4.78 is 32.0. The number of halogens is 1. The minimum atomic E-state index is -1.86. The topological polar surface area (TPSA) is 70.8 Å². The van der Waals surface area contributed by atoms with Crippen LogP contribution in [0.2, 0.25) is 0 Å². The standard InChI is InChI=1S/C20H20FNO5S/c1-20(22(23)24)16-19(25-12-15(26-16)13-8-4-2-5-9-13)27-18(21)17(20)28-14-10-6-3-7-11-14/h2-11,15-19H,12H2,1H3/t15-,16+,17+,18-,19-,20-/m1/s1. The first-order chi connectivity index (χ1) is 13.5. The van der Waals surface area contributed by atoms with Crippen molar-refractivity contribution < 1.29 is 23.5 Å². The molecule has 2 saturated heterocycles. The molecule has 2 aromatic rings. The van der Waals surface area contributed by atoms with Crippen molar-refractivity contribution in [2.45, 2.75) is 47.5 Å². The van der Waals surface area contributed by atoms with E-state index in [1.54, 1.807) is 24.3 Å². The number of fused-ring (bicyclic) bond motifs is 1. The van der Waals surface area contributed by atoms with Crippen LogP contribution in [0.4, 0.5) is 4.39 Å². The zero-order valence-electron chi connectivity index (χ0n) is 15.1. The predicted molar refractivity (Wildman–Crippen MR) is 101 cm³/mol. The molecule has 6 nitrogen and oxygen atoms in total.